The van der Waals surface area contributed by atoms with Crippen molar-refractivity contribution < 1.29 is 9.84 Å². The van der Waals surface area contributed by atoms with E-state index in [1.165, 1.54) is 0 Å². The second-order valence-electron chi connectivity index (χ2n) is 3.84. The molecule has 2 aromatic carbocycles. The lowest BCUT2D eigenvalue weighted by molar-refractivity contribution is 0.281. The SMILES string of the molecule is N=C(N)c1ccc(Oc2ccc(CO)cc2)cc1. The van der Waals surface area contributed by atoms with Crippen molar-refractivity contribution in [2.24, 2.45) is 5.73 Å². The Morgan fingerprint density at radius 2 is 1.50 bits per heavy atom. The second-order valence-corrected chi connectivity index (χ2v) is 3.84. The number of nitrogens with one attached hydrogen (secondary N) is 1. The Labute approximate surface area is 105 Å². The van der Waals surface area contributed by atoms with Crippen molar-refractivity contribution in [3.8, 4) is 11.5 Å². The van der Waals surface area contributed by atoms with E-state index >= 15 is 0 Å². The summed E-state index contributed by atoms with van der Waals surface area (Å²) in [4.78, 5) is 0. The van der Waals surface area contributed by atoms with Crippen molar-refractivity contribution >= 4 is 5.84 Å². The third-order valence-corrected chi connectivity index (χ3v) is 2.51. The zero-order valence-electron chi connectivity index (χ0n) is 9.76. The number of hydrogen-bond acceptors (Lipinski definition) is 3. The number of nitrogen functional groups attached to an aromatic ring is 1. The number of benzene rings is 2. The van der Waals surface area contributed by atoms with Crippen LogP contribution in [0.2, 0.25) is 0 Å². The van der Waals surface area contributed by atoms with Crippen molar-refractivity contribution in [3.63, 3.8) is 0 Å². The van der Waals surface area contributed by atoms with Gasteiger partial charge in [0.25, 0.3) is 0 Å². The fourth-order valence-electron chi connectivity index (χ4n) is 1.50. The number of aliphatic hydroxyl groups is 1. The number of hydrogen-bond donors (Lipinski definition) is 3. The highest BCUT2D eigenvalue weighted by Gasteiger charge is 1.99. The van der Waals surface area contributed by atoms with Crippen LogP contribution in [0.4, 0.5) is 0 Å². The molecule has 92 valence electrons. The Balaban J connectivity index is 2.10. The first kappa shape index (κ1) is 12.1. The van der Waals surface area contributed by atoms with Crippen LogP contribution in [-0.4, -0.2) is 10.9 Å². The topological polar surface area (TPSA) is 79.3 Å². The van der Waals surface area contributed by atoms with Crippen molar-refractivity contribution in [2.45, 2.75) is 6.61 Å². The van der Waals surface area contributed by atoms with Crippen molar-refractivity contribution in [3.05, 3.63) is 59.7 Å². The molecule has 0 radical (unpaired) electrons. The summed E-state index contributed by atoms with van der Waals surface area (Å²) in [5.41, 5.74) is 6.87. The predicted octanol–water partition coefficient (Wildman–Crippen LogP) is 2.26. The molecule has 0 heterocycles. The molecule has 4 nitrogen and oxygen atoms in total. The Bertz CT molecular complexity index is 533. The summed E-state index contributed by atoms with van der Waals surface area (Å²) in [7, 11) is 0. The van der Waals surface area contributed by atoms with Crippen LogP contribution in [0.5, 0.6) is 11.5 Å². The Morgan fingerprint density at radius 3 is 1.94 bits per heavy atom. The molecule has 0 fully saturated rings. The molecule has 4 N–H and O–H groups in total. The molecule has 4 heteroatoms. The van der Waals surface area contributed by atoms with Crippen LogP contribution in [0.3, 0.4) is 0 Å². The highest BCUT2D eigenvalue weighted by atomic mass is 16.5. The maximum Gasteiger partial charge on any atom is 0.127 e. The first-order valence-electron chi connectivity index (χ1n) is 5.51. The molecule has 0 aliphatic carbocycles. The first-order chi connectivity index (χ1) is 8.69. The summed E-state index contributed by atoms with van der Waals surface area (Å²) in [6.45, 7) is 0.0214. The highest BCUT2D eigenvalue weighted by molar-refractivity contribution is 5.94. The highest BCUT2D eigenvalue weighted by Crippen LogP contribution is 2.21. The van der Waals surface area contributed by atoms with E-state index in [2.05, 4.69) is 0 Å². The lowest BCUT2D eigenvalue weighted by atomic mass is 10.2. The van der Waals surface area contributed by atoms with Gasteiger partial charge in [-0.3, -0.25) is 5.41 Å². The third kappa shape index (κ3) is 2.87. The van der Waals surface area contributed by atoms with Crippen molar-refractivity contribution in [1.29, 1.82) is 5.41 Å². The van der Waals surface area contributed by atoms with E-state index in [1.54, 1.807) is 48.5 Å². The molecule has 0 bridgehead atoms. The zero-order chi connectivity index (χ0) is 13.0. The Morgan fingerprint density at radius 1 is 1.00 bits per heavy atom. The van der Waals surface area contributed by atoms with E-state index in [4.69, 9.17) is 21.0 Å². The average Bonchev–Trinajstić information content (AvgIpc) is 2.40. The average molecular weight is 242 g/mol. The molecule has 0 aromatic heterocycles. The minimum atomic E-state index is 0.0214. The third-order valence-electron chi connectivity index (χ3n) is 2.51. The van der Waals surface area contributed by atoms with Crippen LogP contribution in [0, 0.1) is 5.41 Å². The van der Waals surface area contributed by atoms with E-state index in [1.807, 2.05) is 0 Å². The summed E-state index contributed by atoms with van der Waals surface area (Å²) < 4.78 is 5.62. The quantitative estimate of drug-likeness (QED) is 0.568. The molecule has 18 heavy (non-hydrogen) atoms. The van der Waals surface area contributed by atoms with Crippen LogP contribution >= 0.6 is 0 Å². The fourth-order valence-corrected chi connectivity index (χ4v) is 1.50. The maximum absolute atomic E-state index is 8.93. The van der Waals surface area contributed by atoms with Gasteiger partial charge in [-0.05, 0) is 42.0 Å². The Hall–Kier alpha value is -2.33. The van der Waals surface area contributed by atoms with Gasteiger partial charge < -0.3 is 15.6 Å². The maximum atomic E-state index is 8.93. The summed E-state index contributed by atoms with van der Waals surface area (Å²) in [5.74, 6) is 1.41. The molecule has 0 atom stereocenters. The van der Waals surface area contributed by atoms with Gasteiger partial charge in [0.15, 0.2) is 0 Å². The summed E-state index contributed by atoms with van der Waals surface area (Å²) in [6, 6.07) is 14.2. The number of rotatable bonds is 4. The van der Waals surface area contributed by atoms with Gasteiger partial charge in [0.1, 0.15) is 17.3 Å². The van der Waals surface area contributed by atoms with Gasteiger partial charge in [-0.1, -0.05) is 12.1 Å². The van der Waals surface area contributed by atoms with Crippen LogP contribution in [0.15, 0.2) is 48.5 Å². The van der Waals surface area contributed by atoms with Crippen LogP contribution < -0.4 is 10.5 Å². The van der Waals surface area contributed by atoms with Gasteiger partial charge in [0.2, 0.25) is 0 Å². The van der Waals surface area contributed by atoms with E-state index in [0.717, 1.165) is 5.56 Å². The molecule has 2 rings (SSSR count). The predicted molar refractivity (Wildman–Crippen MR) is 69.9 cm³/mol. The molecule has 0 saturated heterocycles. The standard InChI is InChI=1S/C14H14N2O2/c15-14(16)11-3-7-13(8-4-11)18-12-5-1-10(9-17)2-6-12/h1-8,17H,9H2,(H3,15,16). The molecular weight excluding hydrogens is 228 g/mol. The van der Waals surface area contributed by atoms with E-state index < -0.39 is 0 Å². The number of ether oxygens (including phenoxy) is 1. The minimum absolute atomic E-state index is 0.0214. The van der Waals surface area contributed by atoms with Gasteiger partial charge in [-0.15, -0.1) is 0 Å². The molecule has 0 saturated carbocycles. The van der Waals surface area contributed by atoms with E-state index in [0.29, 0.717) is 17.1 Å². The van der Waals surface area contributed by atoms with Gasteiger partial charge in [-0.2, -0.15) is 0 Å². The molecule has 0 amide bonds. The number of amidine groups is 1. The van der Waals surface area contributed by atoms with Gasteiger partial charge >= 0.3 is 0 Å². The lowest BCUT2D eigenvalue weighted by Crippen LogP contribution is -2.10. The zero-order valence-corrected chi connectivity index (χ0v) is 9.76. The van der Waals surface area contributed by atoms with Crippen LogP contribution in [0.1, 0.15) is 11.1 Å². The van der Waals surface area contributed by atoms with E-state index in [-0.39, 0.29) is 12.4 Å². The minimum Gasteiger partial charge on any atom is -0.457 e. The number of nitrogens with two attached hydrogens (primary N) is 1. The first-order valence-corrected chi connectivity index (χ1v) is 5.51. The van der Waals surface area contributed by atoms with Crippen LogP contribution in [0.25, 0.3) is 0 Å². The summed E-state index contributed by atoms with van der Waals surface area (Å²) >= 11 is 0. The molecular formula is C14H14N2O2. The second kappa shape index (κ2) is 5.33. The summed E-state index contributed by atoms with van der Waals surface area (Å²) in [6.07, 6.45) is 0. The van der Waals surface area contributed by atoms with Crippen molar-refractivity contribution in [2.75, 3.05) is 0 Å². The number of aliphatic hydroxyl groups excluding tert-OH is 1. The van der Waals surface area contributed by atoms with Crippen molar-refractivity contribution in [1.82, 2.24) is 0 Å². The largest absolute Gasteiger partial charge is 0.457 e. The normalized spacial score (nSPS) is 10.1. The monoisotopic (exact) mass is 242 g/mol. The smallest absolute Gasteiger partial charge is 0.127 e. The van der Waals surface area contributed by atoms with Gasteiger partial charge in [-0.25, -0.2) is 0 Å². The van der Waals surface area contributed by atoms with Crippen LogP contribution in [-0.2, 0) is 6.61 Å². The molecule has 0 spiro atoms. The lowest BCUT2D eigenvalue weighted by Gasteiger charge is -2.07. The molecule has 2 aromatic rings. The molecule has 0 unspecified atom stereocenters. The summed E-state index contributed by atoms with van der Waals surface area (Å²) in [5, 5.41) is 16.2. The van der Waals surface area contributed by atoms with E-state index in [9.17, 15) is 0 Å². The molecule has 0 aliphatic rings. The van der Waals surface area contributed by atoms with Gasteiger partial charge in [0.05, 0.1) is 6.61 Å². The molecule has 0 aliphatic heterocycles. The Kier molecular flexibility index (Phi) is 3.60. The fraction of sp³-hybridized carbons (Fsp3) is 0.0714. The van der Waals surface area contributed by atoms with Gasteiger partial charge in [0, 0.05) is 5.56 Å².